The number of aromatic amines is 1. The predicted octanol–water partition coefficient (Wildman–Crippen LogP) is 2.50. The Labute approximate surface area is 115 Å². The molecule has 0 aliphatic rings. The molecule has 0 saturated heterocycles. The fraction of sp³-hybridized carbons (Fsp3) is 0. The Balaban J connectivity index is 2.58. The van der Waals surface area contributed by atoms with Gasteiger partial charge in [0.2, 0.25) is 5.43 Å². The summed E-state index contributed by atoms with van der Waals surface area (Å²) in [6, 6.07) is 8.42. The number of nitro groups is 2. The number of non-ortho nitro benzene ring substituents is 2. The zero-order valence-electron chi connectivity index (χ0n) is 10.4. The van der Waals surface area contributed by atoms with Gasteiger partial charge in [0.1, 0.15) is 5.39 Å². The average molecular weight is 285 g/mol. The van der Waals surface area contributed by atoms with Crippen molar-refractivity contribution < 1.29 is 9.85 Å². The first-order valence-corrected chi connectivity index (χ1v) is 5.86. The Bertz CT molecular complexity index is 977. The molecule has 21 heavy (non-hydrogen) atoms. The molecule has 0 aliphatic carbocycles. The summed E-state index contributed by atoms with van der Waals surface area (Å²) in [6.07, 6.45) is 0. The molecule has 8 nitrogen and oxygen atoms in total. The second kappa shape index (κ2) is 4.37. The molecule has 0 amide bonds. The molecular formula is C13H7N3O5. The van der Waals surface area contributed by atoms with E-state index in [2.05, 4.69) is 4.98 Å². The van der Waals surface area contributed by atoms with E-state index < -0.39 is 26.7 Å². The first-order valence-electron chi connectivity index (χ1n) is 5.86. The van der Waals surface area contributed by atoms with E-state index in [1.807, 2.05) is 0 Å². The maximum absolute atomic E-state index is 12.4. The number of H-pyrrole nitrogens is 1. The Morgan fingerprint density at radius 3 is 2.33 bits per heavy atom. The predicted molar refractivity (Wildman–Crippen MR) is 75.4 cm³/mol. The van der Waals surface area contributed by atoms with Crippen molar-refractivity contribution in [2.45, 2.75) is 0 Å². The van der Waals surface area contributed by atoms with Gasteiger partial charge in [-0.3, -0.25) is 25.0 Å². The topological polar surface area (TPSA) is 119 Å². The molecule has 0 aliphatic heterocycles. The summed E-state index contributed by atoms with van der Waals surface area (Å²) >= 11 is 0. The molecule has 2 aromatic carbocycles. The summed E-state index contributed by atoms with van der Waals surface area (Å²) in [5.74, 6) is 0. The maximum Gasteiger partial charge on any atom is 0.289 e. The first kappa shape index (κ1) is 12.7. The van der Waals surface area contributed by atoms with Gasteiger partial charge in [-0.05, 0) is 12.1 Å². The lowest BCUT2D eigenvalue weighted by molar-refractivity contribution is -0.393. The molecule has 0 spiro atoms. The molecule has 8 heteroatoms. The molecule has 3 aromatic rings. The van der Waals surface area contributed by atoms with Crippen LogP contribution in [0.3, 0.4) is 0 Å². The van der Waals surface area contributed by atoms with Crippen LogP contribution in [0.1, 0.15) is 0 Å². The van der Waals surface area contributed by atoms with Crippen molar-refractivity contribution >= 4 is 33.2 Å². The molecule has 0 saturated carbocycles. The smallest absolute Gasteiger partial charge is 0.289 e. The number of benzene rings is 2. The highest BCUT2D eigenvalue weighted by Gasteiger charge is 2.22. The summed E-state index contributed by atoms with van der Waals surface area (Å²) in [4.78, 5) is 35.7. The van der Waals surface area contributed by atoms with Crippen LogP contribution < -0.4 is 5.43 Å². The van der Waals surface area contributed by atoms with Gasteiger partial charge in [-0.15, -0.1) is 0 Å². The second-order valence-electron chi connectivity index (χ2n) is 4.40. The van der Waals surface area contributed by atoms with Gasteiger partial charge in [0.05, 0.1) is 21.4 Å². The summed E-state index contributed by atoms with van der Waals surface area (Å²) in [7, 11) is 0. The highest BCUT2D eigenvalue weighted by Crippen LogP contribution is 2.29. The molecule has 1 heterocycles. The molecule has 1 N–H and O–H groups in total. The number of rotatable bonds is 2. The van der Waals surface area contributed by atoms with Crippen molar-refractivity contribution in [1.82, 2.24) is 4.98 Å². The van der Waals surface area contributed by atoms with E-state index in [0.29, 0.717) is 10.9 Å². The van der Waals surface area contributed by atoms with Crippen LogP contribution in [0.15, 0.2) is 41.2 Å². The van der Waals surface area contributed by atoms with Gasteiger partial charge in [0, 0.05) is 17.0 Å². The van der Waals surface area contributed by atoms with Crippen molar-refractivity contribution in [3.8, 4) is 0 Å². The van der Waals surface area contributed by atoms with E-state index in [1.54, 1.807) is 24.3 Å². The number of hydrogen-bond donors (Lipinski definition) is 1. The molecule has 0 radical (unpaired) electrons. The van der Waals surface area contributed by atoms with Gasteiger partial charge in [0.15, 0.2) is 0 Å². The van der Waals surface area contributed by atoms with Crippen molar-refractivity contribution in [2.75, 3.05) is 0 Å². The zero-order valence-corrected chi connectivity index (χ0v) is 10.4. The molecule has 1 aromatic heterocycles. The van der Waals surface area contributed by atoms with Gasteiger partial charge >= 0.3 is 0 Å². The molecule has 0 unspecified atom stereocenters. The normalized spacial score (nSPS) is 10.9. The van der Waals surface area contributed by atoms with E-state index in [0.717, 1.165) is 12.1 Å². The minimum Gasteiger partial charge on any atom is -0.354 e. The second-order valence-corrected chi connectivity index (χ2v) is 4.40. The summed E-state index contributed by atoms with van der Waals surface area (Å²) in [5, 5.41) is 22.1. The summed E-state index contributed by atoms with van der Waals surface area (Å²) in [5.41, 5.74) is -1.02. The third kappa shape index (κ3) is 1.89. The largest absolute Gasteiger partial charge is 0.354 e. The Hall–Kier alpha value is -3.29. The summed E-state index contributed by atoms with van der Waals surface area (Å²) < 4.78 is 0. The van der Waals surface area contributed by atoms with Crippen LogP contribution in [0.5, 0.6) is 0 Å². The van der Waals surface area contributed by atoms with Crippen molar-refractivity contribution in [1.29, 1.82) is 0 Å². The number of aromatic nitrogens is 1. The van der Waals surface area contributed by atoms with Gasteiger partial charge < -0.3 is 4.98 Å². The van der Waals surface area contributed by atoms with Gasteiger partial charge in [-0.1, -0.05) is 12.1 Å². The van der Waals surface area contributed by atoms with Crippen LogP contribution in [0.2, 0.25) is 0 Å². The minimum atomic E-state index is -0.792. The molecule has 0 fully saturated rings. The number of para-hydroxylation sites is 1. The van der Waals surface area contributed by atoms with Crippen LogP contribution in [0.25, 0.3) is 21.8 Å². The number of fused-ring (bicyclic) bond motifs is 2. The average Bonchev–Trinajstić information content (AvgIpc) is 2.46. The number of nitro benzene ring substituents is 2. The number of pyridine rings is 1. The number of nitrogens with one attached hydrogen (secondary N) is 1. The van der Waals surface area contributed by atoms with Gasteiger partial charge in [0.25, 0.3) is 11.4 Å². The van der Waals surface area contributed by atoms with E-state index in [9.17, 15) is 25.0 Å². The third-order valence-corrected chi connectivity index (χ3v) is 3.18. The van der Waals surface area contributed by atoms with Gasteiger partial charge in [-0.2, -0.15) is 0 Å². The van der Waals surface area contributed by atoms with Crippen LogP contribution >= 0.6 is 0 Å². The molecule has 0 atom stereocenters. The van der Waals surface area contributed by atoms with Crippen LogP contribution in [0, 0.1) is 20.2 Å². The van der Waals surface area contributed by atoms with Crippen LogP contribution in [0.4, 0.5) is 11.4 Å². The number of nitrogens with zero attached hydrogens (tertiary/aromatic N) is 2. The highest BCUT2D eigenvalue weighted by atomic mass is 16.6. The lowest BCUT2D eigenvalue weighted by Gasteiger charge is -2.03. The molecular weight excluding hydrogens is 278 g/mol. The fourth-order valence-electron chi connectivity index (χ4n) is 2.27. The molecule has 3 rings (SSSR count). The third-order valence-electron chi connectivity index (χ3n) is 3.18. The van der Waals surface area contributed by atoms with E-state index in [-0.39, 0.29) is 10.9 Å². The van der Waals surface area contributed by atoms with Crippen LogP contribution in [-0.2, 0) is 0 Å². The number of hydrogen-bond acceptors (Lipinski definition) is 5. The Morgan fingerprint density at radius 2 is 1.67 bits per heavy atom. The quantitative estimate of drug-likeness (QED) is 0.440. The monoisotopic (exact) mass is 285 g/mol. The van der Waals surface area contributed by atoms with E-state index in [4.69, 9.17) is 0 Å². The van der Waals surface area contributed by atoms with Crippen molar-refractivity contribution in [3.05, 3.63) is 66.9 Å². The lowest BCUT2D eigenvalue weighted by Crippen LogP contribution is -2.07. The maximum atomic E-state index is 12.4. The van der Waals surface area contributed by atoms with Crippen molar-refractivity contribution in [2.24, 2.45) is 0 Å². The van der Waals surface area contributed by atoms with E-state index in [1.165, 1.54) is 0 Å². The zero-order chi connectivity index (χ0) is 15.1. The minimum absolute atomic E-state index is 0.0691. The molecule has 0 bridgehead atoms. The van der Waals surface area contributed by atoms with E-state index >= 15 is 0 Å². The first-order chi connectivity index (χ1) is 9.99. The summed E-state index contributed by atoms with van der Waals surface area (Å²) in [6.45, 7) is 0. The SMILES string of the molecule is O=c1c2ccccc2[nH]c2cc([N+](=O)[O-])cc([N+](=O)[O-])c12. The molecule has 104 valence electrons. The van der Waals surface area contributed by atoms with Gasteiger partial charge in [-0.25, -0.2) is 0 Å². The highest BCUT2D eigenvalue weighted by molar-refractivity contribution is 5.98. The fourth-order valence-corrected chi connectivity index (χ4v) is 2.27. The lowest BCUT2D eigenvalue weighted by atomic mass is 10.1. The Morgan fingerprint density at radius 1 is 0.952 bits per heavy atom. The Kier molecular flexibility index (Phi) is 2.65. The standard InChI is InChI=1S/C13H7N3O5/c17-13-8-3-1-2-4-9(8)14-10-5-7(15(18)19)6-11(12(10)13)16(20)21/h1-6H,(H,14,17). The van der Waals surface area contributed by atoms with Crippen LogP contribution in [-0.4, -0.2) is 14.8 Å². The van der Waals surface area contributed by atoms with Crippen molar-refractivity contribution in [3.63, 3.8) is 0 Å².